The highest BCUT2D eigenvalue weighted by Crippen LogP contribution is 2.00. The molecule has 10 heavy (non-hydrogen) atoms. The molecule has 0 saturated heterocycles. The van der Waals surface area contributed by atoms with Crippen LogP contribution in [0, 0.1) is 0 Å². The van der Waals surface area contributed by atoms with Crippen molar-refractivity contribution in [3.63, 3.8) is 0 Å². The summed E-state index contributed by atoms with van der Waals surface area (Å²) in [6.07, 6.45) is 4.91. The predicted molar refractivity (Wildman–Crippen MR) is 39.9 cm³/mol. The van der Waals surface area contributed by atoms with Gasteiger partial charge in [0, 0.05) is 25.0 Å². The van der Waals surface area contributed by atoms with Gasteiger partial charge < -0.3 is 4.57 Å². The van der Waals surface area contributed by atoms with Crippen LogP contribution in [0.3, 0.4) is 0 Å². The van der Waals surface area contributed by atoms with Crippen molar-refractivity contribution < 1.29 is 4.79 Å². The summed E-state index contributed by atoms with van der Waals surface area (Å²) < 4.78 is 1.83. The quantitative estimate of drug-likeness (QED) is 0.443. The number of aryl methyl sites for hydroxylation is 1. The monoisotopic (exact) mass is 135 g/mol. The first kappa shape index (κ1) is 6.81. The molecule has 0 aliphatic rings. The lowest BCUT2D eigenvalue weighted by molar-refractivity contribution is 0.104. The summed E-state index contributed by atoms with van der Waals surface area (Å²) in [6.45, 7) is 3.39. The summed E-state index contributed by atoms with van der Waals surface area (Å²) in [5, 5.41) is 0. The van der Waals surface area contributed by atoms with Crippen LogP contribution in [0.15, 0.2) is 31.1 Å². The van der Waals surface area contributed by atoms with Crippen LogP contribution in [0.25, 0.3) is 0 Å². The first-order valence-electron chi connectivity index (χ1n) is 3.03. The number of aromatic nitrogens is 1. The Bertz CT molecular complexity index is 260. The van der Waals surface area contributed by atoms with Crippen molar-refractivity contribution in [2.45, 2.75) is 0 Å². The van der Waals surface area contributed by atoms with Gasteiger partial charge in [-0.15, -0.1) is 0 Å². The van der Waals surface area contributed by atoms with Gasteiger partial charge in [0.2, 0.25) is 0 Å². The van der Waals surface area contributed by atoms with Gasteiger partial charge in [-0.2, -0.15) is 0 Å². The lowest BCUT2D eigenvalue weighted by atomic mass is 10.2. The van der Waals surface area contributed by atoms with E-state index in [-0.39, 0.29) is 5.78 Å². The van der Waals surface area contributed by atoms with Crippen LogP contribution in [-0.2, 0) is 7.05 Å². The van der Waals surface area contributed by atoms with E-state index >= 15 is 0 Å². The van der Waals surface area contributed by atoms with Crippen LogP contribution in [-0.4, -0.2) is 10.4 Å². The largest absolute Gasteiger partial charge is 0.357 e. The van der Waals surface area contributed by atoms with Gasteiger partial charge in [-0.3, -0.25) is 4.79 Å². The van der Waals surface area contributed by atoms with Crippen molar-refractivity contribution in [3.8, 4) is 0 Å². The van der Waals surface area contributed by atoms with Crippen molar-refractivity contribution >= 4 is 5.78 Å². The molecule has 0 unspecified atom stereocenters. The Hall–Kier alpha value is -1.31. The van der Waals surface area contributed by atoms with Crippen molar-refractivity contribution in [1.29, 1.82) is 0 Å². The first-order valence-corrected chi connectivity index (χ1v) is 3.03. The van der Waals surface area contributed by atoms with E-state index in [0.29, 0.717) is 5.56 Å². The Kier molecular flexibility index (Phi) is 1.71. The van der Waals surface area contributed by atoms with Crippen molar-refractivity contribution in [3.05, 3.63) is 36.7 Å². The summed E-state index contributed by atoms with van der Waals surface area (Å²) in [5.41, 5.74) is 0.692. The maximum atomic E-state index is 10.9. The number of allylic oxidation sites excluding steroid dienone is 1. The molecule has 0 spiro atoms. The smallest absolute Gasteiger partial charge is 0.186 e. The van der Waals surface area contributed by atoms with E-state index in [4.69, 9.17) is 0 Å². The molecule has 0 N–H and O–H groups in total. The minimum atomic E-state index is -0.0272. The fourth-order valence-corrected chi connectivity index (χ4v) is 0.767. The number of hydrogen-bond donors (Lipinski definition) is 0. The average Bonchev–Trinajstić information content (AvgIpc) is 2.34. The molecular formula is C8H9NO. The summed E-state index contributed by atoms with van der Waals surface area (Å²) in [5.74, 6) is -0.0272. The van der Waals surface area contributed by atoms with Crippen molar-refractivity contribution in [2.24, 2.45) is 7.05 Å². The Morgan fingerprint density at radius 1 is 1.80 bits per heavy atom. The summed E-state index contributed by atoms with van der Waals surface area (Å²) >= 11 is 0. The number of carbonyl (C=O) groups excluding carboxylic acids is 1. The van der Waals surface area contributed by atoms with E-state index in [1.54, 1.807) is 12.3 Å². The fraction of sp³-hybridized carbons (Fsp3) is 0.125. The lowest BCUT2D eigenvalue weighted by Gasteiger charge is -1.85. The topological polar surface area (TPSA) is 22.0 Å². The zero-order valence-corrected chi connectivity index (χ0v) is 5.87. The standard InChI is InChI=1S/C8H9NO/c1-3-8(10)7-4-5-9(2)6-7/h3-6H,1H2,2H3. The first-order chi connectivity index (χ1) is 4.74. The average molecular weight is 135 g/mol. The van der Waals surface area contributed by atoms with Crippen LogP contribution >= 0.6 is 0 Å². The minimum Gasteiger partial charge on any atom is -0.357 e. The van der Waals surface area contributed by atoms with Gasteiger partial charge in [0.25, 0.3) is 0 Å². The SMILES string of the molecule is C=CC(=O)c1ccn(C)c1. The molecule has 0 saturated carbocycles. The third-order valence-electron chi connectivity index (χ3n) is 1.30. The Morgan fingerprint density at radius 2 is 2.50 bits per heavy atom. The molecule has 1 aromatic rings. The van der Waals surface area contributed by atoms with Crippen LogP contribution in [0.4, 0.5) is 0 Å². The van der Waals surface area contributed by atoms with Crippen molar-refractivity contribution in [1.82, 2.24) is 4.57 Å². The summed E-state index contributed by atoms with van der Waals surface area (Å²) in [4.78, 5) is 10.9. The Balaban J connectivity index is 2.95. The Labute approximate surface area is 59.8 Å². The number of ketones is 1. The molecular weight excluding hydrogens is 126 g/mol. The highest BCUT2D eigenvalue weighted by atomic mass is 16.1. The molecule has 0 radical (unpaired) electrons. The van der Waals surface area contributed by atoms with Gasteiger partial charge in [0.1, 0.15) is 0 Å². The zero-order valence-electron chi connectivity index (χ0n) is 5.87. The number of nitrogens with zero attached hydrogens (tertiary/aromatic N) is 1. The second kappa shape index (κ2) is 2.52. The molecule has 1 heterocycles. The van der Waals surface area contributed by atoms with Crippen LogP contribution in [0.2, 0.25) is 0 Å². The molecule has 0 bridgehead atoms. The number of rotatable bonds is 2. The van der Waals surface area contributed by atoms with E-state index in [1.807, 2.05) is 17.8 Å². The predicted octanol–water partition coefficient (Wildman–Crippen LogP) is 1.39. The van der Waals surface area contributed by atoms with E-state index < -0.39 is 0 Å². The highest BCUT2D eigenvalue weighted by molar-refractivity contribution is 6.03. The maximum Gasteiger partial charge on any atom is 0.186 e. The molecule has 1 rings (SSSR count). The van der Waals surface area contributed by atoms with Crippen LogP contribution in [0.1, 0.15) is 10.4 Å². The third kappa shape index (κ3) is 1.16. The lowest BCUT2D eigenvalue weighted by Crippen LogP contribution is -1.90. The normalized spacial score (nSPS) is 9.30. The number of carbonyl (C=O) groups is 1. The fourth-order valence-electron chi connectivity index (χ4n) is 0.767. The second-order valence-corrected chi connectivity index (χ2v) is 2.13. The van der Waals surface area contributed by atoms with Gasteiger partial charge in [-0.1, -0.05) is 6.58 Å². The van der Waals surface area contributed by atoms with Gasteiger partial charge in [-0.25, -0.2) is 0 Å². The van der Waals surface area contributed by atoms with E-state index in [0.717, 1.165) is 0 Å². The molecule has 2 nitrogen and oxygen atoms in total. The van der Waals surface area contributed by atoms with E-state index in [9.17, 15) is 4.79 Å². The highest BCUT2D eigenvalue weighted by Gasteiger charge is 1.99. The molecule has 0 aliphatic heterocycles. The molecule has 1 aromatic heterocycles. The molecule has 52 valence electrons. The molecule has 0 fully saturated rings. The molecule has 0 atom stereocenters. The molecule has 2 heteroatoms. The minimum absolute atomic E-state index is 0.0272. The van der Waals surface area contributed by atoms with Gasteiger partial charge in [0.05, 0.1) is 0 Å². The summed E-state index contributed by atoms with van der Waals surface area (Å²) in [7, 11) is 1.87. The molecule has 0 aromatic carbocycles. The maximum absolute atomic E-state index is 10.9. The summed E-state index contributed by atoms with van der Waals surface area (Å²) in [6, 6.07) is 1.77. The van der Waals surface area contributed by atoms with Gasteiger partial charge >= 0.3 is 0 Å². The molecule has 0 amide bonds. The Morgan fingerprint density at radius 3 is 2.90 bits per heavy atom. The van der Waals surface area contributed by atoms with E-state index in [2.05, 4.69) is 6.58 Å². The van der Waals surface area contributed by atoms with Crippen molar-refractivity contribution in [2.75, 3.05) is 0 Å². The molecule has 0 aliphatic carbocycles. The second-order valence-electron chi connectivity index (χ2n) is 2.13. The van der Waals surface area contributed by atoms with Gasteiger partial charge in [0.15, 0.2) is 5.78 Å². The van der Waals surface area contributed by atoms with Gasteiger partial charge in [-0.05, 0) is 12.1 Å². The zero-order chi connectivity index (χ0) is 7.56. The number of hydrogen-bond acceptors (Lipinski definition) is 1. The van der Waals surface area contributed by atoms with Crippen LogP contribution in [0.5, 0.6) is 0 Å². The van der Waals surface area contributed by atoms with Crippen LogP contribution < -0.4 is 0 Å². The third-order valence-corrected chi connectivity index (χ3v) is 1.30. The van der Waals surface area contributed by atoms with E-state index in [1.165, 1.54) is 6.08 Å².